The molecule has 13 heavy (non-hydrogen) atoms. The van der Waals surface area contributed by atoms with E-state index in [9.17, 15) is 8.78 Å². The van der Waals surface area contributed by atoms with Gasteiger partial charge in [0.25, 0.3) is 6.43 Å². The van der Waals surface area contributed by atoms with Crippen molar-refractivity contribution in [2.45, 2.75) is 32.6 Å². The van der Waals surface area contributed by atoms with Crippen LogP contribution in [-0.2, 0) is 0 Å². The molecule has 1 heterocycles. The predicted octanol–water partition coefficient (Wildman–Crippen LogP) is 2.89. The van der Waals surface area contributed by atoms with Crippen LogP contribution in [0.1, 0.15) is 26.2 Å². The maximum Gasteiger partial charge on any atom is 0.277 e. The van der Waals surface area contributed by atoms with Gasteiger partial charge in [-0.2, -0.15) is 0 Å². The van der Waals surface area contributed by atoms with E-state index < -0.39 is 6.43 Å². The quantitative estimate of drug-likeness (QED) is 0.659. The zero-order chi connectivity index (χ0) is 9.84. The summed E-state index contributed by atoms with van der Waals surface area (Å²) in [4.78, 5) is 1.72. The molecule has 1 aliphatic heterocycles. The molecule has 0 saturated carbocycles. The third kappa shape index (κ3) is 2.68. The van der Waals surface area contributed by atoms with Crippen LogP contribution in [0, 0.1) is 5.92 Å². The molecular weight excluding hydrogens is 172 g/mol. The zero-order valence-corrected chi connectivity index (χ0v) is 8.10. The van der Waals surface area contributed by atoms with Gasteiger partial charge in [0.05, 0.1) is 5.70 Å². The Hall–Kier alpha value is -0.600. The lowest BCUT2D eigenvalue weighted by Gasteiger charge is -2.34. The second-order valence-corrected chi connectivity index (χ2v) is 3.63. The van der Waals surface area contributed by atoms with Crippen molar-refractivity contribution in [3.05, 3.63) is 12.3 Å². The van der Waals surface area contributed by atoms with Crippen molar-refractivity contribution in [1.82, 2.24) is 4.90 Å². The summed E-state index contributed by atoms with van der Waals surface area (Å²) in [6.07, 6.45) is 0.831. The third-order valence-electron chi connectivity index (χ3n) is 2.85. The van der Waals surface area contributed by atoms with E-state index in [1.165, 1.54) is 0 Å². The summed E-state index contributed by atoms with van der Waals surface area (Å²) in [6.45, 7) is 7.06. The molecular formula is C10H17F2N. The molecule has 0 atom stereocenters. The Morgan fingerprint density at radius 1 is 1.46 bits per heavy atom. The van der Waals surface area contributed by atoms with Crippen molar-refractivity contribution in [3.8, 4) is 0 Å². The molecule has 0 bridgehead atoms. The van der Waals surface area contributed by atoms with Gasteiger partial charge in [0.2, 0.25) is 0 Å². The topological polar surface area (TPSA) is 3.24 Å². The molecule has 3 heteroatoms. The average Bonchev–Trinajstić information content (AvgIpc) is 2.17. The number of allylic oxidation sites excluding steroid dienone is 1. The van der Waals surface area contributed by atoms with Gasteiger partial charge in [0.1, 0.15) is 0 Å². The smallest absolute Gasteiger partial charge is 0.277 e. The van der Waals surface area contributed by atoms with E-state index in [4.69, 9.17) is 0 Å². The Morgan fingerprint density at radius 2 is 2.00 bits per heavy atom. The highest BCUT2D eigenvalue weighted by Crippen LogP contribution is 2.24. The molecule has 0 unspecified atom stereocenters. The maximum absolute atomic E-state index is 12.3. The van der Waals surface area contributed by atoms with E-state index >= 15 is 0 Å². The molecule has 0 aromatic carbocycles. The Bertz CT molecular complexity index is 172. The number of hydrogen-bond donors (Lipinski definition) is 0. The van der Waals surface area contributed by atoms with Crippen molar-refractivity contribution < 1.29 is 8.78 Å². The largest absolute Gasteiger partial charge is 0.371 e. The Kier molecular flexibility index (Phi) is 3.70. The van der Waals surface area contributed by atoms with E-state index in [0.29, 0.717) is 0 Å². The molecule has 0 N–H and O–H groups in total. The highest BCUT2D eigenvalue weighted by Gasteiger charge is 2.22. The Morgan fingerprint density at radius 3 is 2.38 bits per heavy atom. The Labute approximate surface area is 78.4 Å². The number of rotatable bonds is 3. The first kappa shape index (κ1) is 10.5. The molecule has 0 aliphatic carbocycles. The minimum atomic E-state index is -2.39. The normalized spacial score (nSPS) is 19.5. The maximum atomic E-state index is 12.3. The molecule has 0 spiro atoms. The second kappa shape index (κ2) is 4.58. The fraction of sp³-hybridized carbons (Fsp3) is 0.800. The summed E-state index contributed by atoms with van der Waals surface area (Å²) in [6, 6.07) is 0. The summed E-state index contributed by atoms with van der Waals surface area (Å²) >= 11 is 0. The standard InChI is InChI=1S/C10H17F2N/c1-3-9-4-6-13(7-5-9)8(2)10(11)12/h9-10H,2-7H2,1H3. The van der Waals surface area contributed by atoms with Crippen molar-refractivity contribution in [2.24, 2.45) is 5.92 Å². The number of nitrogens with zero attached hydrogens (tertiary/aromatic N) is 1. The molecule has 76 valence electrons. The van der Waals surface area contributed by atoms with Gasteiger partial charge in [0.15, 0.2) is 0 Å². The lowest BCUT2D eigenvalue weighted by atomic mass is 9.94. The first-order valence-electron chi connectivity index (χ1n) is 4.87. The van der Waals surface area contributed by atoms with Gasteiger partial charge in [-0.15, -0.1) is 0 Å². The van der Waals surface area contributed by atoms with Crippen LogP contribution in [-0.4, -0.2) is 24.4 Å². The fourth-order valence-electron chi connectivity index (χ4n) is 1.77. The first-order chi connectivity index (χ1) is 6.15. The molecule has 0 amide bonds. The van der Waals surface area contributed by atoms with Gasteiger partial charge < -0.3 is 4.90 Å². The molecule has 1 fully saturated rings. The van der Waals surface area contributed by atoms with Gasteiger partial charge in [-0.1, -0.05) is 19.9 Å². The van der Waals surface area contributed by atoms with Crippen LogP contribution >= 0.6 is 0 Å². The average molecular weight is 189 g/mol. The molecule has 0 aromatic heterocycles. The van der Waals surface area contributed by atoms with Gasteiger partial charge in [0, 0.05) is 13.1 Å². The van der Waals surface area contributed by atoms with Crippen molar-refractivity contribution in [1.29, 1.82) is 0 Å². The number of likely N-dealkylation sites (tertiary alicyclic amines) is 1. The van der Waals surface area contributed by atoms with Crippen LogP contribution in [0.25, 0.3) is 0 Å². The molecule has 1 nitrogen and oxygen atoms in total. The summed E-state index contributed by atoms with van der Waals surface area (Å²) < 4.78 is 24.5. The van der Waals surface area contributed by atoms with Crippen LogP contribution in [0.3, 0.4) is 0 Å². The van der Waals surface area contributed by atoms with Crippen LogP contribution < -0.4 is 0 Å². The molecule has 0 aromatic rings. The summed E-state index contributed by atoms with van der Waals surface area (Å²) in [5.74, 6) is 0.724. The van der Waals surface area contributed by atoms with Gasteiger partial charge in [-0.25, -0.2) is 8.78 Å². The fourth-order valence-corrected chi connectivity index (χ4v) is 1.77. The number of halogens is 2. The van der Waals surface area contributed by atoms with Crippen molar-refractivity contribution in [3.63, 3.8) is 0 Å². The molecule has 0 radical (unpaired) electrons. The summed E-state index contributed by atoms with van der Waals surface area (Å²) in [5.41, 5.74) is -0.00504. The predicted molar refractivity (Wildman–Crippen MR) is 49.7 cm³/mol. The monoisotopic (exact) mass is 189 g/mol. The van der Waals surface area contributed by atoms with Crippen LogP contribution in [0.2, 0.25) is 0 Å². The number of piperidine rings is 1. The van der Waals surface area contributed by atoms with Gasteiger partial charge in [-0.3, -0.25) is 0 Å². The Balaban J connectivity index is 2.36. The lowest BCUT2D eigenvalue weighted by molar-refractivity contribution is 0.119. The summed E-state index contributed by atoms with van der Waals surface area (Å²) in [5, 5.41) is 0. The SMILES string of the molecule is C=C(C(F)F)N1CCC(CC)CC1. The lowest BCUT2D eigenvalue weighted by Crippen LogP contribution is -2.34. The summed E-state index contributed by atoms with van der Waals surface area (Å²) in [7, 11) is 0. The number of alkyl halides is 2. The highest BCUT2D eigenvalue weighted by molar-refractivity contribution is 4.98. The van der Waals surface area contributed by atoms with Crippen LogP contribution in [0.15, 0.2) is 12.3 Å². The van der Waals surface area contributed by atoms with Gasteiger partial charge in [-0.05, 0) is 18.8 Å². The first-order valence-corrected chi connectivity index (χ1v) is 4.87. The third-order valence-corrected chi connectivity index (χ3v) is 2.85. The van der Waals surface area contributed by atoms with Crippen LogP contribution in [0.5, 0.6) is 0 Å². The molecule has 1 rings (SSSR count). The van der Waals surface area contributed by atoms with E-state index in [1.54, 1.807) is 4.90 Å². The van der Waals surface area contributed by atoms with E-state index in [0.717, 1.165) is 38.3 Å². The number of hydrogen-bond acceptors (Lipinski definition) is 1. The second-order valence-electron chi connectivity index (χ2n) is 3.63. The van der Waals surface area contributed by atoms with Gasteiger partial charge >= 0.3 is 0 Å². The van der Waals surface area contributed by atoms with E-state index in [1.807, 2.05) is 0 Å². The minimum Gasteiger partial charge on any atom is -0.371 e. The van der Waals surface area contributed by atoms with Crippen molar-refractivity contribution in [2.75, 3.05) is 13.1 Å². The van der Waals surface area contributed by atoms with E-state index in [2.05, 4.69) is 13.5 Å². The highest BCUT2D eigenvalue weighted by atomic mass is 19.3. The minimum absolute atomic E-state index is 0.00504. The van der Waals surface area contributed by atoms with Crippen molar-refractivity contribution >= 4 is 0 Å². The van der Waals surface area contributed by atoms with Crippen LogP contribution in [0.4, 0.5) is 8.78 Å². The molecule has 1 aliphatic rings. The zero-order valence-electron chi connectivity index (χ0n) is 8.10. The van der Waals surface area contributed by atoms with E-state index in [-0.39, 0.29) is 5.70 Å². The molecule has 1 saturated heterocycles.